The zero-order chi connectivity index (χ0) is 18.1. The van der Waals surface area contributed by atoms with E-state index < -0.39 is 0 Å². The summed E-state index contributed by atoms with van der Waals surface area (Å²) in [6.07, 6.45) is 3.82. The maximum absolute atomic E-state index is 5.48. The van der Waals surface area contributed by atoms with Crippen LogP contribution in [-0.4, -0.2) is 73.1 Å². The molecular formula is C18H34N6O. The lowest BCUT2D eigenvalue weighted by atomic mass is 10.0. The quantitative estimate of drug-likeness (QED) is 0.542. The number of morpholine rings is 1. The summed E-state index contributed by atoms with van der Waals surface area (Å²) >= 11 is 0. The third-order valence-electron chi connectivity index (χ3n) is 4.66. The van der Waals surface area contributed by atoms with E-state index in [1.807, 2.05) is 30.2 Å². The Morgan fingerprint density at radius 1 is 1.20 bits per heavy atom. The van der Waals surface area contributed by atoms with Gasteiger partial charge in [-0.2, -0.15) is 5.10 Å². The van der Waals surface area contributed by atoms with Gasteiger partial charge in [0.15, 0.2) is 5.96 Å². The number of ether oxygens (including phenoxy) is 1. The van der Waals surface area contributed by atoms with Crippen LogP contribution >= 0.6 is 0 Å². The molecule has 0 spiro atoms. The van der Waals surface area contributed by atoms with Crippen LogP contribution in [0.25, 0.3) is 0 Å². The minimum Gasteiger partial charge on any atom is -0.379 e. The molecule has 25 heavy (non-hydrogen) atoms. The van der Waals surface area contributed by atoms with Crippen LogP contribution in [0.2, 0.25) is 0 Å². The highest BCUT2D eigenvalue weighted by atomic mass is 16.5. The molecule has 0 saturated carbocycles. The summed E-state index contributed by atoms with van der Waals surface area (Å²) in [4.78, 5) is 6.88. The second-order valence-electron chi connectivity index (χ2n) is 7.13. The summed E-state index contributed by atoms with van der Waals surface area (Å²) in [7, 11) is 1.83. The standard InChI is InChI=1S/C18H34N6O/c1-15(2)17(23-8-10-25-11-9-23)13-21-18(19-4)20-12-16(3)14-24-7-5-6-22-24/h5-7,15-17H,8-14H2,1-4H3,(H2,19,20,21). The molecule has 0 bridgehead atoms. The van der Waals surface area contributed by atoms with Crippen molar-refractivity contribution >= 4 is 5.96 Å². The number of hydrogen-bond acceptors (Lipinski definition) is 4. The molecule has 142 valence electrons. The molecule has 0 radical (unpaired) electrons. The normalized spacial score (nSPS) is 19.0. The van der Waals surface area contributed by atoms with Gasteiger partial charge in [-0.15, -0.1) is 0 Å². The number of rotatable bonds is 8. The van der Waals surface area contributed by atoms with Gasteiger partial charge in [0.1, 0.15) is 0 Å². The smallest absolute Gasteiger partial charge is 0.191 e. The SMILES string of the molecule is CN=C(NCC(C)Cn1cccn1)NCC(C(C)C)N1CCOCC1. The minimum atomic E-state index is 0.471. The maximum Gasteiger partial charge on any atom is 0.191 e. The van der Waals surface area contributed by atoms with Crippen LogP contribution in [0, 0.1) is 11.8 Å². The first-order chi connectivity index (χ1) is 12.1. The second-order valence-corrected chi connectivity index (χ2v) is 7.13. The van der Waals surface area contributed by atoms with Gasteiger partial charge in [-0.05, 0) is 17.9 Å². The highest BCUT2D eigenvalue weighted by Crippen LogP contribution is 2.12. The van der Waals surface area contributed by atoms with Gasteiger partial charge in [0.05, 0.1) is 13.2 Å². The predicted molar refractivity (Wildman–Crippen MR) is 102 cm³/mol. The Bertz CT molecular complexity index is 496. The maximum atomic E-state index is 5.48. The average molecular weight is 351 g/mol. The fraction of sp³-hybridized carbons (Fsp3) is 0.778. The lowest BCUT2D eigenvalue weighted by Gasteiger charge is -2.37. The third-order valence-corrected chi connectivity index (χ3v) is 4.66. The van der Waals surface area contributed by atoms with Crippen molar-refractivity contribution in [2.24, 2.45) is 16.8 Å². The molecule has 2 N–H and O–H groups in total. The molecule has 2 atom stereocenters. The molecular weight excluding hydrogens is 316 g/mol. The molecule has 2 unspecified atom stereocenters. The fourth-order valence-electron chi connectivity index (χ4n) is 3.18. The highest BCUT2D eigenvalue weighted by molar-refractivity contribution is 5.79. The molecule has 1 aliphatic heterocycles. The molecule has 1 aromatic rings. The summed E-state index contributed by atoms with van der Waals surface area (Å²) in [5.74, 6) is 1.92. The van der Waals surface area contributed by atoms with E-state index in [1.54, 1.807) is 0 Å². The Kier molecular flexibility index (Phi) is 8.21. The molecule has 0 aliphatic carbocycles. The third kappa shape index (κ3) is 6.66. The first-order valence-electron chi connectivity index (χ1n) is 9.34. The van der Waals surface area contributed by atoms with E-state index in [0.29, 0.717) is 17.9 Å². The Morgan fingerprint density at radius 3 is 2.52 bits per heavy atom. The summed E-state index contributed by atoms with van der Waals surface area (Å²) in [6, 6.07) is 2.45. The number of hydrogen-bond donors (Lipinski definition) is 2. The van der Waals surface area contributed by atoms with Crippen LogP contribution in [0.4, 0.5) is 0 Å². The second kappa shape index (κ2) is 10.4. The lowest BCUT2D eigenvalue weighted by molar-refractivity contribution is 0.00752. The van der Waals surface area contributed by atoms with Crippen molar-refractivity contribution in [2.45, 2.75) is 33.4 Å². The van der Waals surface area contributed by atoms with Crippen molar-refractivity contribution in [1.29, 1.82) is 0 Å². The monoisotopic (exact) mass is 350 g/mol. The largest absolute Gasteiger partial charge is 0.379 e. The highest BCUT2D eigenvalue weighted by Gasteiger charge is 2.23. The van der Waals surface area contributed by atoms with Gasteiger partial charge in [0, 0.05) is 58.2 Å². The van der Waals surface area contributed by atoms with Gasteiger partial charge in [-0.1, -0.05) is 20.8 Å². The molecule has 7 nitrogen and oxygen atoms in total. The molecule has 7 heteroatoms. The molecule has 2 rings (SSSR count). The first-order valence-corrected chi connectivity index (χ1v) is 9.34. The van der Waals surface area contributed by atoms with Crippen molar-refractivity contribution in [1.82, 2.24) is 25.3 Å². The van der Waals surface area contributed by atoms with Crippen molar-refractivity contribution in [3.8, 4) is 0 Å². The van der Waals surface area contributed by atoms with E-state index in [-0.39, 0.29) is 0 Å². The fourth-order valence-corrected chi connectivity index (χ4v) is 3.18. The predicted octanol–water partition coefficient (Wildman–Crippen LogP) is 1.04. The van der Waals surface area contributed by atoms with E-state index in [4.69, 9.17) is 4.74 Å². The van der Waals surface area contributed by atoms with E-state index in [1.165, 1.54) is 0 Å². The Hall–Kier alpha value is -1.60. The Labute approximate surface area is 151 Å². The summed E-state index contributed by atoms with van der Waals surface area (Å²) < 4.78 is 7.45. The zero-order valence-electron chi connectivity index (χ0n) is 16.1. The number of aromatic nitrogens is 2. The Balaban J connectivity index is 1.75. The van der Waals surface area contributed by atoms with Crippen molar-refractivity contribution in [3.05, 3.63) is 18.5 Å². The van der Waals surface area contributed by atoms with Crippen molar-refractivity contribution < 1.29 is 4.74 Å². The lowest BCUT2D eigenvalue weighted by Crippen LogP contribution is -2.52. The van der Waals surface area contributed by atoms with Crippen LogP contribution in [0.15, 0.2) is 23.5 Å². The van der Waals surface area contributed by atoms with Gasteiger partial charge in [-0.3, -0.25) is 14.6 Å². The first kappa shape index (κ1) is 19.7. The van der Waals surface area contributed by atoms with Gasteiger partial charge in [0.25, 0.3) is 0 Å². The summed E-state index contributed by atoms with van der Waals surface area (Å²) in [5, 5.41) is 11.2. The Morgan fingerprint density at radius 2 is 1.92 bits per heavy atom. The van der Waals surface area contributed by atoms with Crippen LogP contribution in [-0.2, 0) is 11.3 Å². The average Bonchev–Trinajstić information content (AvgIpc) is 3.11. The number of nitrogens with one attached hydrogen (secondary N) is 2. The van der Waals surface area contributed by atoms with Gasteiger partial charge in [0.2, 0.25) is 0 Å². The molecule has 0 aromatic carbocycles. The van der Waals surface area contributed by atoms with Crippen LogP contribution in [0.1, 0.15) is 20.8 Å². The molecule has 2 heterocycles. The molecule has 1 aliphatic rings. The van der Waals surface area contributed by atoms with Gasteiger partial charge < -0.3 is 15.4 Å². The van der Waals surface area contributed by atoms with Gasteiger partial charge >= 0.3 is 0 Å². The van der Waals surface area contributed by atoms with E-state index in [0.717, 1.165) is 51.9 Å². The van der Waals surface area contributed by atoms with Crippen LogP contribution in [0.5, 0.6) is 0 Å². The number of guanidine groups is 1. The minimum absolute atomic E-state index is 0.471. The number of aliphatic imine (C=N–C) groups is 1. The topological polar surface area (TPSA) is 66.7 Å². The molecule has 1 aromatic heterocycles. The van der Waals surface area contributed by atoms with Gasteiger partial charge in [-0.25, -0.2) is 0 Å². The molecule has 0 amide bonds. The van der Waals surface area contributed by atoms with Crippen LogP contribution < -0.4 is 10.6 Å². The van der Waals surface area contributed by atoms with Crippen molar-refractivity contribution in [3.63, 3.8) is 0 Å². The number of nitrogens with zero attached hydrogens (tertiary/aromatic N) is 4. The summed E-state index contributed by atoms with van der Waals surface area (Å²) in [6.45, 7) is 13.1. The van der Waals surface area contributed by atoms with E-state index in [9.17, 15) is 0 Å². The van der Waals surface area contributed by atoms with Crippen molar-refractivity contribution in [2.75, 3.05) is 46.4 Å². The summed E-state index contributed by atoms with van der Waals surface area (Å²) in [5.41, 5.74) is 0. The van der Waals surface area contributed by atoms with E-state index >= 15 is 0 Å². The molecule has 1 fully saturated rings. The van der Waals surface area contributed by atoms with Crippen LogP contribution in [0.3, 0.4) is 0 Å². The zero-order valence-corrected chi connectivity index (χ0v) is 16.1. The van der Waals surface area contributed by atoms with E-state index in [2.05, 4.69) is 46.4 Å². The molecule has 1 saturated heterocycles.